The van der Waals surface area contributed by atoms with Gasteiger partial charge in [-0.1, -0.05) is 56.3 Å². The van der Waals surface area contributed by atoms with Gasteiger partial charge in [0.05, 0.1) is 4.90 Å². The summed E-state index contributed by atoms with van der Waals surface area (Å²) < 4.78 is 28.3. The number of rotatable bonds is 7. The van der Waals surface area contributed by atoms with E-state index in [1.807, 2.05) is 18.2 Å². The number of sulfonamides is 1. The van der Waals surface area contributed by atoms with Crippen LogP contribution in [0.15, 0.2) is 59.5 Å². The Labute approximate surface area is 175 Å². The molecule has 0 saturated carbocycles. The first-order valence-electron chi connectivity index (χ1n) is 9.86. The minimum absolute atomic E-state index is 0. The van der Waals surface area contributed by atoms with Crippen LogP contribution < -0.4 is 4.72 Å². The van der Waals surface area contributed by atoms with Gasteiger partial charge in [-0.05, 0) is 48.4 Å². The number of hydrogen-bond donors (Lipinski definition) is 1. The zero-order valence-electron chi connectivity index (χ0n) is 16.7. The second-order valence-electron chi connectivity index (χ2n) is 7.54. The highest BCUT2D eigenvalue weighted by atomic mass is 35.5. The topological polar surface area (TPSA) is 49.4 Å². The van der Waals surface area contributed by atoms with Crippen molar-refractivity contribution in [3.63, 3.8) is 0 Å². The van der Waals surface area contributed by atoms with Gasteiger partial charge < -0.3 is 0 Å². The molecule has 28 heavy (non-hydrogen) atoms. The minimum Gasteiger partial charge on any atom is -0.299 e. The standard InChI is InChI=1S/C22H30N2O2S.ClH/c1-3-18(2)20-9-11-22(12-10-20)27(25,26)23-21-13-15-24(16-14-21)17-19-7-5-4-6-8-19;/h4-12,18,21,23H,3,13-17H2,1-2H3;1H. The zero-order chi connectivity index (χ0) is 19.3. The molecule has 1 N–H and O–H groups in total. The third-order valence-electron chi connectivity index (χ3n) is 5.53. The van der Waals surface area contributed by atoms with Crippen molar-refractivity contribution in [1.82, 2.24) is 9.62 Å². The van der Waals surface area contributed by atoms with E-state index in [2.05, 4.69) is 47.7 Å². The monoisotopic (exact) mass is 422 g/mol. The van der Waals surface area contributed by atoms with E-state index in [1.165, 1.54) is 11.1 Å². The SMILES string of the molecule is CCC(C)c1ccc(S(=O)(=O)NC2CCN(Cc3ccccc3)CC2)cc1.Cl. The maximum atomic E-state index is 12.7. The number of likely N-dealkylation sites (tertiary alicyclic amines) is 1. The van der Waals surface area contributed by atoms with Gasteiger partial charge >= 0.3 is 0 Å². The molecule has 0 bridgehead atoms. The van der Waals surface area contributed by atoms with Crippen molar-refractivity contribution in [2.24, 2.45) is 0 Å². The highest BCUT2D eigenvalue weighted by Crippen LogP contribution is 2.21. The fourth-order valence-electron chi connectivity index (χ4n) is 3.55. The zero-order valence-corrected chi connectivity index (χ0v) is 18.3. The summed E-state index contributed by atoms with van der Waals surface area (Å²) in [7, 11) is -3.45. The summed E-state index contributed by atoms with van der Waals surface area (Å²) in [5.41, 5.74) is 2.49. The minimum atomic E-state index is -3.45. The molecule has 1 fully saturated rings. The molecule has 154 valence electrons. The van der Waals surface area contributed by atoms with Gasteiger partial charge in [0.1, 0.15) is 0 Å². The average Bonchev–Trinajstić information content (AvgIpc) is 2.69. The van der Waals surface area contributed by atoms with Crippen molar-refractivity contribution in [3.8, 4) is 0 Å². The lowest BCUT2D eigenvalue weighted by atomic mass is 9.99. The number of nitrogens with one attached hydrogen (secondary N) is 1. The molecule has 1 heterocycles. The van der Waals surface area contributed by atoms with Crippen LogP contribution in [0.2, 0.25) is 0 Å². The maximum Gasteiger partial charge on any atom is 0.240 e. The Morgan fingerprint density at radius 3 is 2.21 bits per heavy atom. The summed E-state index contributed by atoms with van der Waals surface area (Å²) in [6, 6.07) is 17.8. The number of benzene rings is 2. The summed E-state index contributed by atoms with van der Waals surface area (Å²) in [5, 5.41) is 0. The van der Waals surface area contributed by atoms with E-state index in [-0.39, 0.29) is 18.4 Å². The van der Waals surface area contributed by atoms with Gasteiger partial charge in [0, 0.05) is 25.7 Å². The second-order valence-corrected chi connectivity index (χ2v) is 9.25. The quantitative estimate of drug-likeness (QED) is 0.711. The summed E-state index contributed by atoms with van der Waals surface area (Å²) >= 11 is 0. The molecule has 0 radical (unpaired) electrons. The molecule has 2 aromatic carbocycles. The molecule has 1 atom stereocenters. The van der Waals surface area contributed by atoms with E-state index in [9.17, 15) is 8.42 Å². The molecule has 1 saturated heterocycles. The Balaban J connectivity index is 0.00000280. The van der Waals surface area contributed by atoms with Crippen molar-refractivity contribution in [1.29, 1.82) is 0 Å². The van der Waals surface area contributed by atoms with E-state index in [4.69, 9.17) is 0 Å². The largest absolute Gasteiger partial charge is 0.299 e. The lowest BCUT2D eigenvalue weighted by Crippen LogP contribution is -2.44. The lowest BCUT2D eigenvalue weighted by Gasteiger charge is -2.32. The Bertz CT molecular complexity index is 817. The van der Waals surface area contributed by atoms with Gasteiger partial charge in [0.25, 0.3) is 0 Å². The molecule has 2 aromatic rings. The van der Waals surface area contributed by atoms with Crippen LogP contribution in [0, 0.1) is 0 Å². The normalized spacial score (nSPS) is 17.1. The van der Waals surface area contributed by atoms with E-state index in [0.29, 0.717) is 10.8 Å². The van der Waals surface area contributed by atoms with Gasteiger partial charge in [-0.2, -0.15) is 0 Å². The Kier molecular flexibility index (Phi) is 8.50. The lowest BCUT2D eigenvalue weighted by molar-refractivity contribution is 0.200. The van der Waals surface area contributed by atoms with Gasteiger partial charge in [-0.15, -0.1) is 12.4 Å². The third-order valence-corrected chi connectivity index (χ3v) is 7.07. The molecule has 0 spiro atoms. The number of hydrogen-bond acceptors (Lipinski definition) is 3. The van der Waals surface area contributed by atoms with Crippen LogP contribution in [0.5, 0.6) is 0 Å². The smallest absolute Gasteiger partial charge is 0.240 e. The molecule has 1 aliphatic heterocycles. The van der Waals surface area contributed by atoms with E-state index >= 15 is 0 Å². The maximum absolute atomic E-state index is 12.7. The first kappa shape index (κ1) is 22.9. The number of halogens is 1. The fourth-order valence-corrected chi connectivity index (χ4v) is 4.85. The predicted molar refractivity (Wildman–Crippen MR) is 117 cm³/mol. The van der Waals surface area contributed by atoms with Gasteiger partial charge in [-0.25, -0.2) is 13.1 Å². The van der Waals surface area contributed by atoms with Crippen LogP contribution in [-0.2, 0) is 16.6 Å². The van der Waals surface area contributed by atoms with E-state index in [1.54, 1.807) is 12.1 Å². The van der Waals surface area contributed by atoms with Crippen LogP contribution in [-0.4, -0.2) is 32.4 Å². The summed E-state index contributed by atoms with van der Waals surface area (Å²) in [6.07, 6.45) is 2.74. The first-order valence-corrected chi connectivity index (χ1v) is 11.3. The molecule has 3 rings (SSSR count). The van der Waals surface area contributed by atoms with Crippen molar-refractivity contribution >= 4 is 22.4 Å². The molecule has 0 amide bonds. The summed E-state index contributed by atoms with van der Waals surface area (Å²) in [5.74, 6) is 0.448. The van der Waals surface area contributed by atoms with E-state index in [0.717, 1.165) is 38.9 Å². The van der Waals surface area contributed by atoms with Gasteiger partial charge in [0.15, 0.2) is 0 Å². The molecular weight excluding hydrogens is 392 g/mol. The average molecular weight is 423 g/mol. The van der Waals surface area contributed by atoms with Gasteiger partial charge in [0.2, 0.25) is 10.0 Å². The molecule has 6 heteroatoms. The van der Waals surface area contributed by atoms with Gasteiger partial charge in [-0.3, -0.25) is 4.90 Å². The van der Waals surface area contributed by atoms with E-state index < -0.39 is 10.0 Å². The number of piperidine rings is 1. The van der Waals surface area contributed by atoms with Crippen LogP contribution in [0.25, 0.3) is 0 Å². The molecule has 1 aliphatic rings. The van der Waals surface area contributed by atoms with Crippen molar-refractivity contribution in [2.75, 3.05) is 13.1 Å². The second kappa shape index (κ2) is 10.4. The van der Waals surface area contributed by atoms with Crippen LogP contribution in [0.4, 0.5) is 0 Å². The van der Waals surface area contributed by atoms with Crippen molar-refractivity contribution < 1.29 is 8.42 Å². The highest BCUT2D eigenvalue weighted by Gasteiger charge is 2.24. The van der Waals surface area contributed by atoms with Crippen LogP contribution >= 0.6 is 12.4 Å². The predicted octanol–water partition coefficient (Wildman–Crippen LogP) is 4.56. The van der Waals surface area contributed by atoms with Crippen molar-refractivity contribution in [3.05, 3.63) is 65.7 Å². The molecule has 4 nitrogen and oxygen atoms in total. The fraction of sp³-hybridized carbons (Fsp3) is 0.455. The third kappa shape index (κ3) is 6.05. The molecule has 0 aromatic heterocycles. The summed E-state index contributed by atoms with van der Waals surface area (Å²) in [6.45, 7) is 7.05. The highest BCUT2D eigenvalue weighted by molar-refractivity contribution is 7.89. The first-order chi connectivity index (χ1) is 13.0. The summed E-state index contributed by atoms with van der Waals surface area (Å²) in [4.78, 5) is 2.75. The Hall–Kier alpha value is -1.40. The molecule has 0 aliphatic carbocycles. The molecule has 1 unspecified atom stereocenters. The van der Waals surface area contributed by atoms with Crippen LogP contribution in [0.3, 0.4) is 0 Å². The molecular formula is C22H31ClN2O2S. The Morgan fingerprint density at radius 2 is 1.64 bits per heavy atom. The van der Waals surface area contributed by atoms with Crippen LogP contribution in [0.1, 0.15) is 50.2 Å². The Morgan fingerprint density at radius 1 is 1.04 bits per heavy atom. The van der Waals surface area contributed by atoms with Crippen molar-refractivity contribution in [2.45, 2.75) is 56.5 Å². The number of nitrogens with zero attached hydrogens (tertiary/aromatic N) is 1.